The first-order valence-corrected chi connectivity index (χ1v) is 19.7. The van der Waals surface area contributed by atoms with Gasteiger partial charge < -0.3 is 9.13 Å². The molecular formula is C50H32F12N2. The second-order valence-electron chi connectivity index (χ2n) is 16.1. The van der Waals surface area contributed by atoms with E-state index in [0.29, 0.717) is 68.1 Å². The Bertz CT molecular complexity index is 3050. The lowest BCUT2D eigenvalue weighted by Gasteiger charge is -2.31. The van der Waals surface area contributed by atoms with Crippen molar-refractivity contribution in [3.63, 3.8) is 0 Å². The van der Waals surface area contributed by atoms with Crippen LogP contribution in [0, 0.1) is 27.7 Å². The third-order valence-electron chi connectivity index (χ3n) is 11.6. The van der Waals surface area contributed by atoms with E-state index in [-0.39, 0.29) is 22.1 Å². The molecule has 0 aliphatic carbocycles. The van der Waals surface area contributed by atoms with Crippen LogP contribution in [0.25, 0.3) is 77.2 Å². The first-order chi connectivity index (χ1) is 29.9. The highest BCUT2D eigenvalue weighted by molar-refractivity contribution is 6.13. The summed E-state index contributed by atoms with van der Waals surface area (Å²) < 4.78 is 191. The topological polar surface area (TPSA) is 9.86 Å². The summed E-state index contributed by atoms with van der Waals surface area (Å²) in [7, 11) is 0. The van der Waals surface area contributed by atoms with E-state index in [0.717, 1.165) is 33.4 Å². The first-order valence-electron chi connectivity index (χ1n) is 19.7. The second-order valence-corrected chi connectivity index (χ2v) is 16.1. The molecular weight excluding hydrogens is 857 g/mol. The zero-order chi connectivity index (χ0) is 46.0. The molecule has 0 radical (unpaired) electrons. The molecule has 2 aromatic heterocycles. The Morgan fingerprint density at radius 1 is 0.328 bits per heavy atom. The van der Waals surface area contributed by atoms with Gasteiger partial charge in [-0.3, -0.25) is 0 Å². The van der Waals surface area contributed by atoms with Gasteiger partial charge >= 0.3 is 24.7 Å². The molecule has 0 atom stereocenters. The third kappa shape index (κ3) is 6.94. The molecule has 0 spiro atoms. The molecule has 0 unspecified atom stereocenters. The fourth-order valence-electron chi connectivity index (χ4n) is 8.97. The van der Waals surface area contributed by atoms with Crippen LogP contribution < -0.4 is 0 Å². The Balaban J connectivity index is 1.68. The second kappa shape index (κ2) is 14.4. The minimum atomic E-state index is -5.74. The Morgan fingerprint density at radius 3 is 0.891 bits per heavy atom. The van der Waals surface area contributed by atoms with Gasteiger partial charge in [-0.2, -0.15) is 52.7 Å². The number of hydrogen-bond donors (Lipinski definition) is 0. The highest BCUT2D eigenvalue weighted by Gasteiger charge is 2.49. The van der Waals surface area contributed by atoms with Crippen molar-refractivity contribution < 1.29 is 52.7 Å². The maximum atomic E-state index is 17.0. The van der Waals surface area contributed by atoms with Gasteiger partial charge in [-0.1, -0.05) is 70.8 Å². The number of halogens is 12. The maximum absolute atomic E-state index is 17.0. The van der Waals surface area contributed by atoms with E-state index in [1.54, 1.807) is 76.2 Å². The van der Waals surface area contributed by atoms with Crippen molar-refractivity contribution >= 4 is 43.6 Å². The normalized spacial score (nSPS) is 13.0. The highest BCUT2D eigenvalue weighted by Crippen LogP contribution is 2.57. The molecule has 9 aromatic rings. The minimum Gasteiger partial charge on any atom is -0.308 e. The van der Waals surface area contributed by atoms with Crippen LogP contribution in [0.1, 0.15) is 44.5 Å². The lowest BCUT2D eigenvalue weighted by atomic mass is 9.84. The number of aromatic nitrogens is 2. The van der Waals surface area contributed by atoms with Gasteiger partial charge in [0.1, 0.15) is 5.56 Å². The van der Waals surface area contributed by atoms with Crippen LogP contribution in [0.5, 0.6) is 0 Å². The molecule has 14 heteroatoms. The van der Waals surface area contributed by atoms with Crippen LogP contribution in [0.15, 0.2) is 121 Å². The van der Waals surface area contributed by atoms with Crippen LogP contribution in [-0.4, -0.2) is 9.13 Å². The minimum absolute atomic E-state index is 0.00992. The van der Waals surface area contributed by atoms with E-state index in [1.807, 2.05) is 0 Å². The van der Waals surface area contributed by atoms with Gasteiger partial charge in [0.05, 0.1) is 50.1 Å². The maximum Gasteiger partial charge on any atom is 0.420 e. The van der Waals surface area contributed by atoms with Crippen LogP contribution >= 0.6 is 0 Å². The zero-order valence-electron chi connectivity index (χ0n) is 34.0. The summed E-state index contributed by atoms with van der Waals surface area (Å²) in [5.74, 6) is 0. The molecule has 0 aliphatic rings. The van der Waals surface area contributed by atoms with Crippen LogP contribution in [0.2, 0.25) is 0 Å². The van der Waals surface area contributed by atoms with Crippen molar-refractivity contribution in [1.82, 2.24) is 9.13 Å². The van der Waals surface area contributed by atoms with E-state index in [2.05, 4.69) is 0 Å². The molecule has 0 aliphatic heterocycles. The van der Waals surface area contributed by atoms with E-state index in [1.165, 1.54) is 24.3 Å². The van der Waals surface area contributed by atoms with E-state index < -0.39 is 80.6 Å². The average molecular weight is 889 g/mol. The summed E-state index contributed by atoms with van der Waals surface area (Å²) in [6.07, 6.45) is -21.7. The SMILES string of the molecule is Cc1ccc2c(c1)c1cc(C)ccc1n2-c1c(-c2cccc(C(F)(F)F)c2)c(C(F)(F)F)c(-c2cccc(C(F)(F)F)c2)c(-n2c3ccc(C)cc3c3cc(C)ccc32)c1C(F)(F)F. The highest BCUT2D eigenvalue weighted by atomic mass is 19.4. The average Bonchev–Trinajstić information content (AvgIpc) is 3.69. The fraction of sp³-hybridized carbons (Fsp3) is 0.160. The van der Waals surface area contributed by atoms with Crippen LogP contribution in [0.4, 0.5) is 52.7 Å². The Hall–Kier alpha value is -6.70. The molecule has 9 rings (SSSR count). The number of nitrogens with zero attached hydrogens (tertiary/aromatic N) is 2. The van der Waals surface area contributed by atoms with Gasteiger partial charge in [-0.05, 0) is 112 Å². The van der Waals surface area contributed by atoms with Crippen molar-refractivity contribution in [3.8, 4) is 33.6 Å². The molecule has 326 valence electrons. The summed E-state index contributed by atoms with van der Waals surface area (Å²) in [6, 6.07) is 23.5. The Kier molecular flexibility index (Phi) is 9.59. The van der Waals surface area contributed by atoms with E-state index >= 15 is 26.3 Å². The lowest BCUT2D eigenvalue weighted by Crippen LogP contribution is -2.23. The van der Waals surface area contributed by atoms with Crippen LogP contribution in [-0.2, 0) is 24.7 Å². The smallest absolute Gasteiger partial charge is 0.308 e. The van der Waals surface area contributed by atoms with Crippen LogP contribution in [0.3, 0.4) is 0 Å². The van der Waals surface area contributed by atoms with Crippen molar-refractivity contribution in [3.05, 3.63) is 166 Å². The van der Waals surface area contributed by atoms with Crippen molar-refractivity contribution in [2.24, 2.45) is 0 Å². The number of hydrogen-bond acceptors (Lipinski definition) is 0. The molecule has 0 saturated carbocycles. The standard InChI is InChI=1S/C50H32F12N2/c1-25-11-15-37-33(19-25)34-20-26(2)12-16-38(34)63(37)45-41(29-7-5-9-31(23-29)47(51,52)53)43(49(57,58)59)42(30-8-6-10-32(24-30)48(54,55)56)46(44(45)50(60,61)62)64-39-17-13-27(3)21-35(39)36-22-28(4)14-18-40(36)64/h5-24H,1-4H3. The zero-order valence-corrected chi connectivity index (χ0v) is 34.0. The number of aryl methyl sites for hydroxylation is 4. The number of benzene rings is 7. The molecule has 0 saturated heterocycles. The fourth-order valence-corrected chi connectivity index (χ4v) is 8.97. The molecule has 7 aromatic carbocycles. The third-order valence-corrected chi connectivity index (χ3v) is 11.6. The molecule has 0 N–H and O–H groups in total. The van der Waals surface area contributed by atoms with Gasteiger partial charge in [0.15, 0.2) is 0 Å². The largest absolute Gasteiger partial charge is 0.420 e. The molecule has 2 nitrogen and oxygen atoms in total. The number of fused-ring (bicyclic) bond motifs is 6. The van der Waals surface area contributed by atoms with Gasteiger partial charge in [0, 0.05) is 32.7 Å². The molecule has 64 heavy (non-hydrogen) atoms. The van der Waals surface area contributed by atoms with Gasteiger partial charge in [0.2, 0.25) is 0 Å². The van der Waals surface area contributed by atoms with Crippen molar-refractivity contribution in [2.75, 3.05) is 0 Å². The summed E-state index contributed by atoms with van der Waals surface area (Å²) >= 11 is 0. The van der Waals surface area contributed by atoms with Gasteiger partial charge in [-0.15, -0.1) is 0 Å². The Morgan fingerprint density at radius 2 is 0.625 bits per heavy atom. The van der Waals surface area contributed by atoms with Gasteiger partial charge in [0.25, 0.3) is 0 Å². The first kappa shape index (κ1) is 42.6. The molecule has 0 bridgehead atoms. The predicted molar refractivity (Wildman–Crippen MR) is 225 cm³/mol. The quantitative estimate of drug-likeness (QED) is 0.156. The summed E-state index contributed by atoms with van der Waals surface area (Å²) in [5.41, 5.74) is -10.8. The van der Waals surface area contributed by atoms with Crippen molar-refractivity contribution in [2.45, 2.75) is 52.4 Å². The van der Waals surface area contributed by atoms with E-state index in [4.69, 9.17) is 0 Å². The summed E-state index contributed by atoms with van der Waals surface area (Å²) in [6.45, 7) is 6.85. The lowest BCUT2D eigenvalue weighted by molar-refractivity contribution is -0.140. The number of alkyl halides is 12. The van der Waals surface area contributed by atoms with Gasteiger partial charge in [-0.25, -0.2) is 0 Å². The molecule has 0 amide bonds. The summed E-state index contributed by atoms with van der Waals surface area (Å²) in [5, 5.41) is 1.34. The van der Waals surface area contributed by atoms with Crippen molar-refractivity contribution in [1.29, 1.82) is 0 Å². The van der Waals surface area contributed by atoms with E-state index in [9.17, 15) is 26.3 Å². The monoisotopic (exact) mass is 888 g/mol. The summed E-state index contributed by atoms with van der Waals surface area (Å²) in [4.78, 5) is 0. The number of rotatable bonds is 4. The molecule has 2 heterocycles. The molecule has 0 fully saturated rings. The predicted octanol–water partition coefficient (Wildman–Crippen LogP) is 16.5. The Labute approximate surface area is 356 Å².